The van der Waals surface area contributed by atoms with Crippen LogP contribution >= 0.6 is 15.9 Å². The van der Waals surface area contributed by atoms with Crippen molar-refractivity contribution in [2.24, 2.45) is 0 Å². The summed E-state index contributed by atoms with van der Waals surface area (Å²) in [6, 6.07) is 1.76. The average Bonchev–Trinajstić information content (AvgIpc) is 2.30. The Balaban J connectivity index is 3.24. The third kappa shape index (κ3) is 1.23. The third-order valence-electron chi connectivity index (χ3n) is 1.11. The summed E-state index contributed by atoms with van der Waals surface area (Å²) >= 11 is 2.92. The number of halogens is 1. The second kappa shape index (κ2) is 2.72. The molecule has 0 aliphatic rings. The van der Waals surface area contributed by atoms with E-state index in [1.807, 2.05) is 0 Å². The van der Waals surface area contributed by atoms with Crippen LogP contribution in [0.5, 0.6) is 0 Å². The number of hydrogen-bond donors (Lipinski definition) is 1. The van der Waals surface area contributed by atoms with Crippen molar-refractivity contribution in [1.29, 1.82) is 5.26 Å². The number of nitrogens with one attached hydrogen (secondary N) is 1. The van der Waals surface area contributed by atoms with E-state index >= 15 is 0 Å². The highest BCUT2D eigenvalue weighted by Gasteiger charge is 2.16. The van der Waals surface area contributed by atoms with Crippen LogP contribution in [0.1, 0.15) is 5.69 Å². The minimum atomic E-state index is -0.568. The van der Waals surface area contributed by atoms with Gasteiger partial charge in [0.25, 0.3) is 0 Å². The highest BCUT2D eigenvalue weighted by atomic mass is 79.9. The molecule has 0 bridgehead atoms. The van der Waals surface area contributed by atoms with Gasteiger partial charge in [-0.1, -0.05) is 0 Å². The Kier molecular flexibility index (Phi) is 1.92. The quantitative estimate of drug-likeness (QED) is 0.570. The Morgan fingerprint density at radius 1 is 1.82 bits per heavy atom. The number of hydrogen-bond acceptors (Lipinski definition) is 3. The van der Waals surface area contributed by atoms with Crippen molar-refractivity contribution in [2.75, 3.05) is 0 Å². The number of rotatable bonds is 1. The van der Waals surface area contributed by atoms with Gasteiger partial charge in [-0.15, -0.1) is 0 Å². The summed E-state index contributed by atoms with van der Waals surface area (Å²) in [5, 5.41) is 18.6. The number of nitrogens with zero attached hydrogens (tertiary/aromatic N) is 2. The van der Waals surface area contributed by atoms with Gasteiger partial charge in [-0.25, -0.2) is 0 Å². The topological polar surface area (TPSA) is 82.7 Å². The Labute approximate surface area is 69.9 Å². The fraction of sp³-hybridized carbons (Fsp3) is 0. The fourth-order valence-corrected chi connectivity index (χ4v) is 1.07. The van der Waals surface area contributed by atoms with Crippen LogP contribution in [-0.2, 0) is 0 Å². The first kappa shape index (κ1) is 7.75. The molecule has 0 aliphatic heterocycles. The van der Waals surface area contributed by atoms with E-state index in [9.17, 15) is 10.1 Å². The average molecular weight is 216 g/mol. The van der Waals surface area contributed by atoms with Crippen LogP contribution < -0.4 is 0 Å². The molecule has 0 radical (unpaired) electrons. The first-order valence-electron chi connectivity index (χ1n) is 2.58. The van der Waals surface area contributed by atoms with E-state index in [2.05, 4.69) is 20.9 Å². The van der Waals surface area contributed by atoms with Gasteiger partial charge in [0.1, 0.15) is 16.2 Å². The molecule has 0 spiro atoms. The predicted octanol–water partition coefficient (Wildman–Crippen LogP) is 1.56. The predicted molar refractivity (Wildman–Crippen MR) is 39.9 cm³/mol. The Bertz CT molecular complexity index is 338. The molecule has 56 valence electrons. The van der Waals surface area contributed by atoms with Crippen LogP contribution in [-0.4, -0.2) is 9.91 Å². The molecular weight excluding hydrogens is 214 g/mol. The molecule has 0 saturated carbocycles. The number of aromatic amines is 1. The monoisotopic (exact) mass is 215 g/mol. The maximum absolute atomic E-state index is 10.2. The van der Waals surface area contributed by atoms with Gasteiger partial charge in [0, 0.05) is 0 Å². The summed E-state index contributed by atoms with van der Waals surface area (Å²) in [5.41, 5.74) is 0.0400. The molecular formula is C5H2BrN3O2. The number of nitriles is 1. The zero-order valence-electron chi connectivity index (χ0n) is 5.17. The van der Waals surface area contributed by atoms with Gasteiger partial charge in [0.05, 0.1) is 11.1 Å². The zero-order chi connectivity index (χ0) is 8.43. The molecule has 0 saturated heterocycles. The molecule has 1 aromatic heterocycles. The summed E-state index contributed by atoms with van der Waals surface area (Å²) in [7, 11) is 0. The standard InChI is InChI=1S/C5H2BrN3O2/c6-5-3(1-7)8-2-4(5)9(10)11/h2,8H. The molecule has 0 aromatic carbocycles. The first-order chi connectivity index (χ1) is 5.16. The van der Waals surface area contributed by atoms with E-state index in [4.69, 9.17) is 5.26 Å². The molecule has 11 heavy (non-hydrogen) atoms. The summed E-state index contributed by atoms with van der Waals surface area (Å²) in [6.07, 6.45) is 1.17. The lowest BCUT2D eigenvalue weighted by atomic mass is 10.4. The lowest BCUT2D eigenvalue weighted by molar-refractivity contribution is -0.385. The van der Waals surface area contributed by atoms with E-state index in [0.29, 0.717) is 0 Å². The van der Waals surface area contributed by atoms with Gasteiger partial charge in [0.2, 0.25) is 0 Å². The Hall–Kier alpha value is -1.35. The molecule has 6 heteroatoms. The van der Waals surface area contributed by atoms with Crippen molar-refractivity contribution in [3.05, 3.63) is 26.5 Å². The van der Waals surface area contributed by atoms with Crippen LogP contribution in [0.15, 0.2) is 10.7 Å². The van der Waals surface area contributed by atoms with E-state index < -0.39 is 4.92 Å². The number of H-pyrrole nitrogens is 1. The molecule has 5 nitrogen and oxygen atoms in total. The first-order valence-corrected chi connectivity index (χ1v) is 3.37. The van der Waals surface area contributed by atoms with Gasteiger partial charge in [0.15, 0.2) is 0 Å². The second-order valence-corrected chi connectivity index (χ2v) is 2.52. The molecule has 0 unspecified atom stereocenters. The lowest BCUT2D eigenvalue weighted by Gasteiger charge is -1.83. The highest BCUT2D eigenvalue weighted by molar-refractivity contribution is 9.10. The minimum Gasteiger partial charge on any atom is -0.346 e. The van der Waals surface area contributed by atoms with E-state index in [1.54, 1.807) is 6.07 Å². The molecule has 1 rings (SSSR count). The van der Waals surface area contributed by atoms with Gasteiger partial charge < -0.3 is 4.98 Å². The van der Waals surface area contributed by atoms with Gasteiger partial charge in [-0.2, -0.15) is 5.26 Å². The largest absolute Gasteiger partial charge is 0.346 e. The van der Waals surface area contributed by atoms with E-state index in [1.165, 1.54) is 6.20 Å². The Morgan fingerprint density at radius 2 is 2.45 bits per heavy atom. The van der Waals surface area contributed by atoms with Gasteiger partial charge in [-0.05, 0) is 15.9 Å². The summed E-state index contributed by atoms with van der Waals surface area (Å²) in [4.78, 5) is 12.1. The molecule has 1 heterocycles. The van der Waals surface area contributed by atoms with Crippen LogP contribution in [0.3, 0.4) is 0 Å². The van der Waals surface area contributed by atoms with Crippen LogP contribution in [0.4, 0.5) is 5.69 Å². The van der Waals surface area contributed by atoms with Crippen LogP contribution in [0.2, 0.25) is 0 Å². The number of aromatic nitrogens is 1. The lowest BCUT2D eigenvalue weighted by Crippen LogP contribution is -1.84. The normalized spacial score (nSPS) is 9.09. The Morgan fingerprint density at radius 3 is 2.73 bits per heavy atom. The van der Waals surface area contributed by atoms with E-state index in [-0.39, 0.29) is 15.9 Å². The van der Waals surface area contributed by atoms with Gasteiger partial charge >= 0.3 is 5.69 Å². The summed E-state index contributed by atoms with van der Waals surface area (Å²) < 4.78 is 0.199. The highest BCUT2D eigenvalue weighted by Crippen LogP contribution is 2.27. The zero-order valence-corrected chi connectivity index (χ0v) is 6.75. The molecule has 1 N–H and O–H groups in total. The molecule has 0 aliphatic carbocycles. The molecule has 1 aromatic rings. The SMILES string of the molecule is N#Cc1[nH]cc([N+](=O)[O-])c1Br. The summed E-state index contributed by atoms with van der Waals surface area (Å²) in [6.45, 7) is 0. The van der Waals surface area contributed by atoms with Crippen molar-refractivity contribution < 1.29 is 4.92 Å². The van der Waals surface area contributed by atoms with Crippen molar-refractivity contribution in [1.82, 2.24) is 4.98 Å². The maximum Gasteiger partial charge on any atom is 0.302 e. The molecule has 0 atom stereocenters. The van der Waals surface area contributed by atoms with E-state index in [0.717, 1.165) is 0 Å². The van der Waals surface area contributed by atoms with Crippen LogP contribution in [0, 0.1) is 21.4 Å². The summed E-state index contributed by atoms with van der Waals surface area (Å²) in [5.74, 6) is 0. The molecule has 0 amide bonds. The van der Waals surface area contributed by atoms with Crippen molar-refractivity contribution in [3.8, 4) is 6.07 Å². The smallest absolute Gasteiger partial charge is 0.302 e. The second-order valence-electron chi connectivity index (χ2n) is 1.73. The van der Waals surface area contributed by atoms with Crippen molar-refractivity contribution in [2.45, 2.75) is 0 Å². The molecule has 0 fully saturated rings. The maximum atomic E-state index is 10.2. The van der Waals surface area contributed by atoms with Crippen LogP contribution in [0.25, 0.3) is 0 Å². The number of nitro groups is 1. The van der Waals surface area contributed by atoms with Crippen molar-refractivity contribution in [3.63, 3.8) is 0 Å². The fourth-order valence-electron chi connectivity index (χ4n) is 0.610. The third-order valence-corrected chi connectivity index (χ3v) is 1.91. The van der Waals surface area contributed by atoms with Gasteiger partial charge in [-0.3, -0.25) is 10.1 Å². The minimum absolute atomic E-state index is 0.124. The van der Waals surface area contributed by atoms with Crippen molar-refractivity contribution >= 4 is 21.6 Å².